The van der Waals surface area contributed by atoms with Gasteiger partial charge >= 0.3 is 0 Å². The van der Waals surface area contributed by atoms with E-state index in [0.717, 1.165) is 5.56 Å². The zero-order valence-corrected chi connectivity index (χ0v) is 18.6. The van der Waals surface area contributed by atoms with Gasteiger partial charge in [0.15, 0.2) is 0 Å². The summed E-state index contributed by atoms with van der Waals surface area (Å²) in [6.07, 6.45) is 1.54. The Balaban J connectivity index is 1.63. The molecule has 0 aliphatic rings. The summed E-state index contributed by atoms with van der Waals surface area (Å²) in [6.45, 7) is 3.79. The highest BCUT2D eigenvalue weighted by atomic mass is 32.2. The summed E-state index contributed by atoms with van der Waals surface area (Å²) in [5.41, 5.74) is 2.27. The number of hydrogen-bond acceptors (Lipinski definition) is 5. The Morgan fingerprint density at radius 3 is 2.44 bits per heavy atom. The minimum atomic E-state index is -3.40. The van der Waals surface area contributed by atoms with Crippen LogP contribution in [0.2, 0.25) is 0 Å². The van der Waals surface area contributed by atoms with E-state index in [1.807, 2.05) is 0 Å². The van der Waals surface area contributed by atoms with E-state index in [0.29, 0.717) is 22.6 Å². The van der Waals surface area contributed by atoms with Gasteiger partial charge in [-0.2, -0.15) is 0 Å². The van der Waals surface area contributed by atoms with Crippen LogP contribution >= 0.6 is 0 Å². The van der Waals surface area contributed by atoms with E-state index in [4.69, 9.17) is 0 Å². The molecule has 1 heterocycles. The molecule has 7 nitrogen and oxygen atoms in total. The van der Waals surface area contributed by atoms with Gasteiger partial charge in [-0.05, 0) is 55.3 Å². The van der Waals surface area contributed by atoms with Crippen molar-refractivity contribution in [3.8, 4) is 0 Å². The molecule has 0 spiro atoms. The van der Waals surface area contributed by atoms with E-state index in [-0.39, 0.29) is 24.2 Å². The van der Waals surface area contributed by atoms with Gasteiger partial charge in [-0.15, -0.1) is 0 Å². The number of nitrogens with zero attached hydrogens (tertiary/aromatic N) is 1. The predicted molar refractivity (Wildman–Crippen MR) is 122 cm³/mol. The number of amides is 1. The monoisotopic (exact) mass is 456 g/mol. The van der Waals surface area contributed by atoms with E-state index in [1.165, 1.54) is 12.1 Å². The third-order valence-electron chi connectivity index (χ3n) is 4.39. The maximum Gasteiger partial charge on any atom is 0.255 e. The Kier molecular flexibility index (Phi) is 7.55. The third kappa shape index (κ3) is 6.86. The molecule has 0 radical (unpaired) electrons. The Morgan fingerprint density at radius 2 is 1.75 bits per heavy atom. The van der Waals surface area contributed by atoms with E-state index >= 15 is 0 Å². The van der Waals surface area contributed by atoms with Gasteiger partial charge in [-0.1, -0.05) is 30.3 Å². The van der Waals surface area contributed by atoms with Crippen LogP contribution < -0.4 is 15.4 Å². The zero-order valence-electron chi connectivity index (χ0n) is 17.8. The predicted octanol–water partition coefficient (Wildman–Crippen LogP) is 3.72. The summed E-state index contributed by atoms with van der Waals surface area (Å²) in [7, 11) is -3.40. The van der Waals surface area contributed by atoms with Crippen molar-refractivity contribution in [2.45, 2.75) is 32.2 Å². The standard InChI is InChI=1S/C23H25FN4O3S/c1-16(2)28-32(30,31)15-18-10-8-17(9-11-18)14-26-23(29)21-7-4-12-25-22(21)27-20-6-3-5-19(24)13-20/h3-13,16,28H,14-15H2,1-2H3,(H,25,27)(H,26,29). The molecule has 0 unspecified atom stereocenters. The molecule has 0 aliphatic heterocycles. The molecule has 9 heteroatoms. The van der Waals surface area contributed by atoms with Crippen LogP contribution in [0.1, 0.15) is 35.3 Å². The van der Waals surface area contributed by atoms with Crippen molar-refractivity contribution in [3.05, 3.63) is 89.4 Å². The van der Waals surface area contributed by atoms with Crippen LogP contribution in [-0.4, -0.2) is 25.4 Å². The Bertz CT molecular complexity index is 1180. The molecule has 3 aromatic rings. The summed E-state index contributed by atoms with van der Waals surface area (Å²) >= 11 is 0. The van der Waals surface area contributed by atoms with Gasteiger partial charge in [0, 0.05) is 24.5 Å². The Hall–Kier alpha value is -3.30. The number of benzene rings is 2. The molecule has 0 saturated heterocycles. The molecule has 168 valence electrons. The Labute approximate surface area is 187 Å². The average molecular weight is 457 g/mol. The van der Waals surface area contributed by atoms with Gasteiger partial charge in [0.2, 0.25) is 10.0 Å². The van der Waals surface area contributed by atoms with Gasteiger partial charge in [-0.25, -0.2) is 22.5 Å². The Morgan fingerprint density at radius 1 is 1.03 bits per heavy atom. The first-order valence-electron chi connectivity index (χ1n) is 10.1. The van der Waals surface area contributed by atoms with E-state index in [2.05, 4.69) is 20.3 Å². The summed E-state index contributed by atoms with van der Waals surface area (Å²) in [6, 6.07) is 16.0. The van der Waals surface area contributed by atoms with Crippen molar-refractivity contribution < 1.29 is 17.6 Å². The molecule has 1 amide bonds. The molecule has 0 saturated carbocycles. The average Bonchev–Trinajstić information content (AvgIpc) is 2.72. The van der Waals surface area contributed by atoms with Crippen LogP contribution in [0, 0.1) is 5.82 Å². The zero-order chi connectivity index (χ0) is 23.1. The maximum atomic E-state index is 13.4. The number of aromatic nitrogens is 1. The number of sulfonamides is 1. The molecule has 0 atom stereocenters. The summed E-state index contributed by atoms with van der Waals surface area (Å²) in [4.78, 5) is 16.9. The molecule has 1 aromatic heterocycles. The molecule has 2 aromatic carbocycles. The van der Waals surface area contributed by atoms with Crippen molar-refractivity contribution in [2.75, 3.05) is 5.32 Å². The number of rotatable bonds is 9. The fourth-order valence-corrected chi connectivity index (χ4v) is 4.48. The first kappa shape index (κ1) is 23.4. The van der Waals surface area contributed by atoms with E-state index in [1.54, 1.807) is 68.6 Å². The van der Waals surface area contributed by atoms with Crippen LogP contribution in [0.25, 0.3) is 0 Å². The topological polar surface area (TPSA) is 100 Å². The molecular weight excluding hydrogens is 431 g/mol. The number of hydrogen-bond donors (Lipinski definition) is 3. The summed E-state index contributed by atoms with van der Waals surface area (Å²) in [5.74, 6) is -0.533. The third-order valence-corrected chi connectivity index (χ3v) is 5.93. The van der Waals surface area contributed by atoms with Gasteiger partial charge in [0.05, 0.1) is 11.3 Å². The molecule has 0 aliphatic carbocycles. The van der Waals surface area contributed by atoms with Crippen molar-refractivity contribution >= 4 is 27.4 Å². The van der Waals surface area contributed by atoms with Gasteiger partial charge in [-0.3, -0.25) is 4.79 Å². The second-order valence-corrected chi connectivity index (χ2v) is 9.32. The second kappa shape index (κ2) is 10.3. The lowest BCUT2D eigenvalue weighted by atomic mass is 10.1. The quantitative estimate of drug-likeness (QED) is 0.456. The van der Waals surface area contributed by atoms with Crippen LogP contribution in [0.15, 0.2) is 66.9 Å². The fraction of sp³-hybridized carbons (Fsp3) is 0.217. The van der Waals surface area contributed by atoms with Gasteiger partial charge in [0.25, 0.3) is 5.91 Å². The largest absolute Gasteiger partial charge is 0.348 e. The lowest BCUT2D eigenvalue weighted by molar-refractivity contribution is 0.0951. The molecule has 0 bridgehead atoms. The van der Waals surface area contributed by atoms with Crippen LogP contribution in [0.5, 0.6) is 0 Å². The molecule has 0 fully saturated rings. The van der Waals surface area contributed by atoms with Crippen molar-refractivity contribution in [2.24, 2.45) is 0 Å². The number of nitrogens with one attached hydrogen (secondary N) is 3. The van der Waals surface area contributed by atoms with Crippen molar-refractivity contribution in [1.29, 1.82) is 0 Å². The minimum Gasteiger partial charge on any atom is -0.348 e. The first-order valence-corrected chi connectivity index (χ1v) is 11.7. The highest BCUT2D eigenvalue weighted by Gasteiger charge is 2.14. The van der Waals surface area contributed by atoms with Crippen molar-refractivity contribution in [3.63, 3.8) is 0 Å². The van der Waals surface area contributed by atoms with Crippen molar-refractivity contribution in [1.82, 2.24) is 15.0 Å². The molecule has 3 N–H and O–H groups in total. The van der Waals surface area contributed by atoms with Crippen LogP contribution in [0.3, 0.4) is 0 Å². The number of pyridine rings is 1. The van der Waals surface area contributed by atoms with Gasteiger partial charge < -0.3 is 10.6 Å². The highest BCUT2D eigenvalue weighted by Crippen LogP contribution is 2.19. The SMILES string of the molecule is CC(C)NS(=O)(=O)Cc1ccc(CNC(=O)c2cccnc2Nc2cccc(F)c2)cc1. The number of anilines is 2. The summed E-state index contributed by atoms with van der Waals surface area (Å²) in [5, 5.41) is 5.78. The van der Waals surface area contributed by atoms with Gasteiger partial charge in [0.1, 0.15) is 11.6 Å². The second-order valence-electron chi connectivity index (χ2n) is 7.57. The lowest BCUT2D eigenvalue weighted by Crippen LogP contribution is -2.31. The summed E-state index contributed by atoms with van der Waals surface area (Å²) < 4.78 is 40.1. The van der Waals surface area contributed by atoms with Crippen LogP contribution in [0.4, 0.5) is 15.9 Å². The molecular formula is C23H25FN4O3S. The highest BCUT2D eigenvalue weighted by molar-refractivity contribution is 7.88. The fourth-order valence-electron chi connectivity index (χ4n) is 3.04. The maximum absolute atomic E-state index is 13.4. The first-order chi connectivity index (χ1) is 15.2. The number of carbonyl (C=O) groups is 1. The van der Waals surface area contributed by atoms with E-state index < -0.39 is 15.8 Å². The normalized spacial score (nSPS) is 11.4. The molecule has 3 rings (SSSR count). The number of carbonyl (C=O) groups excluding carboxylic acids is 1. The van der Waals surface area contributed by atoms with E-state index in [9.17, 15) is 17.6 Å². The number of halogens is 1. The smallest absolute Gasteiger partial charge is 0.255 e. The lowest BCUT2D eigenvalue weighted by Gasteiger charge is -2.12. The van der Waals surface area contributed by atoms with Crippen LogP contribution in [-0.2, 0) is 22.3 Å². The molecule has 32 heavy (non-hydrogen) atoms. The minimum absolute atomic E-state index is 0.109.